The highest BCUT2D eigenvalue weighted by Crippen LogP contribution is 2.46. The number of rotatable bonds is 6. The van der Waals surface area contributed by atoms with Crippen molar-refractivity contribution in [2.75, 3.05) is 4.90 Å². The third-order valence-corrected chi connectivity index (χ3v) is 10.7. The molecule has 4 heteroatoms. The largest absolute Gasteiger partial charge is 0.456 e. The van der Waals surface area contributed by atoms with E-state index in [4.69, 9.17) is 13.8 Å². The molecule has 0 saturated carbocycles. The molecule has 0 aliphatic carbocycles. The van der Waals surface area contributed by atoms with E-state index in [1.54, 1.807) is 0 Å². The van der Waals surface area contributed by atoms with Crippen molar-refractivity contribution in [2.45, 2.75) is 0 Å². The van der Waals surface area contributed by atoms with Crippen LogP contribution in [0.25, 0.3) is 88.3 Å². The van der Waals surface area contributed by atoms with E-state index in [9.17, 15) is 0 Å². The molecule has 0 atom stereocenters. The van der Waals surface area contributed by atoms with Crippen LogP contribution in [0.3, 0.4) is 0 Å². The molecule has 0 aliphatic heterocycles. The molecule has 0 bridgehead atoms. The number of oxazole rings is 1. The molecule has 0 amide bonds. The second-order valence-corrected chi connectivity index (χ2v) is 13.9. The van der Waals surface area contributed by atoms with E-state index < -0.39 is 0 Å². The Balaban J connectivity index is 1.07. The second kappa shape index (κ2) is 12.6. The molecule has 11 rings (SSSR count). The molecule has 258 valence electrons. The first-order chi connectivity index (χ1) is 27.3. The van der Waals surface area contributed by atoms with Crippen LogP contribution in [0.4, 0.5) is 17.1 Å². The van der Waals surface area contributed by atoms with Gasteiger partial charge >= 0.3 is 0 Å². The van der Waals surface area contributed by atoms with Gasteiger partial charge < -0.3 is 13.7 Å². The van der Waals surface area contributed by atoms with Crippen molar-refractivity contribution in [2.24, 2.45) is 0 Å². The quantitative estimate of drug-likeness (QED) is 0.162. The molecule has 0 unspecified atom stereocenters. The Hall–Kier alpha value is -7.43. The summed E-state index contributed by atoms with van der Waals surface area (Å²) in [6.07, 6.45) is 0. The predicted molar refractivity (Wildman–Crippen MR) is 227 cm³/mol. The van der Waals surface area contributed by atoms with Crippen LogP contribution in [0.2, 0.25) is 0 Å². The van der Waals surface area contributed by atoms with E-state index in [-0.39, 0.29) is 0 Å². The first-order valence-corrected chi connectivity index (χ1v) is 18.5. The van der Waals surface area contributed by atoms with Crippen LogP contribution in [0.5, 0.6) is 0 Å². The van der Waals surface area contributed by atoms with Crippen LogP contribution in [-0.2, 0) is 0 Å². The zero-order chi connectivity index (χ0) is 36.3. The minimum atomic E-state index is 0.599. The minimum absolute atomic E-state index is 0.599. The Kier molecular flexibility index (Phi) is 7.14. The summed E-state index contributed by atoms with van der Waals surface area (Å²) in [6, 6.07) is 68.3. The maximum absolute atomic E-state index is 6.34. The Labute approximate surface area is 317 Å². The molecular weight excluding hydrogens is 673 g/mol. The van der Waals surface area contributed by atoms with Crippen LogP contribution < -0.4 is 4.90 Å². The molecule has 0 N–H and O–H groups in total. The summed E-state index contributed by atoms with van der Waals surface area (Å²) in [7, 11) is 0. The first kappa shape index (κ1) is 31.1. The lowest BCUT2D eigenvalue weighted by Crippen LogP contribution is -2.12. The molecule has 0 spiro atoms. The van der Waals surface area contributed by atoms with E-state index >= 15 is 0 Å². The molecule has 9 aromatic carbocycles. The van der Waals surface area contributed by atoms with Crippen LogP contribution in [0.15, 0.2) is 203 Å². The summed E-state index contributed by atoms with van der Waals surface area (Å²) < 4.78 is 12.6. The average molecular weight is 705 g/mol. The molecular formula is C51H32N2O2. The highest BCUT2D eigenvalue weighted by molar-refractivity contribution is 6.18. The zero-order valence-corrected chi connectivity index (χ0v) is 29.7. The van der Waals surface area contributed by atoms with Crippen molar-refractivity contribution < 1.29 is 8.83 Å². The Morgan fingerprint density at radius 3 is 1.84 bits per heavy atom. The molecule has 0 saturated heterocycles. The van der Waals surface area contributed by atoms with Gasteiger partial charge in [-0.2, -0.15) is 0 Å². The minimum Gasteiger partial charge on any atom is -0.456 e. The van der Waals surface area contributed by atoms with Gasteiger partial charge in [-0.15, -0.1) is 0 Å². The van der Waals surface area contributed by atoms with Crippen LogP contribution in [-0.4, -0.2) is 4.98 Å². The summed E-state index contributed by atoms with van der Waals surface area (Å²) in [5, 5.41) is 6.84. The van der Waals surface area contributed by atoms with Gasteiger partial charge in [-0.05, 0) is 93.5 Å². The van der Waals surface area contributed by atoms with Crippen LogP contribution in [0, 0.1) is 0 Å². The van der Waals surface area contributed by atoms with Crippen molar-refractivity contribution in [3.8, 4) is 33.7 Å². The number of para-hydroxylation sites is 1. The van der Waals surface area contributed by atoms with E-state index in [1.807, 2.05) is 42.5 Å². The van der Waals surface area contributed by atoms with Gasteiger partial charge in [0.25, 0.3) is 0 Å². The third-order valence-electron chi connectivity index (χ3n) is 10.7. The smallest absolute Gasteiger partial charge is 0.227 e. The molecule has 0 radical (unpaired) electrons. The monoisotopic (exact) mass is 704 g/mol. The number of hydrogen-bond acceptors (Lipinski definition) is 4. The van der Waals surface area contributed by atoms with Gasteiger partial charge in [0.1, 0.15) is 16.7 Å². The van der Waals surface area contributed by atoms with E-state index in [0.717, 1.165) is 72.4 Å². The Morgan fingerprint density at radius 2 is 1.02 bits per heavy atom. The summed E-state index contributed by atoms with van der Waals surface area (Å²) in [4.78, 5) is 7.38. The summed E-state index contributed by atoms with van der Waals surface area (Å²) >= 11 is 0. The van der Waals surface area contributed by atoms with Crippen LogP contribution in [0.1, 0.15) is 0 Å². The zero-order valence-electron chi connectivity index (χ0n) is 29.7. The van der Waals surface area contributed by atoms with Crippen molar-refractivity contribution in [3.05, 3.63) is 194 Å². The lowest BCUT2D eigenvalue weighted by Gasteiger charge is -2.29. The normalized spacial score (nSPS) is 11.6. The Bertz CT molecular complexity index is 3200. The van der Waals surface area contributed by atoms with Gasteiger partial charge in [0, 0.05) is 27.6 Å². The average Bonchev–Trinajstić information content (AvgIpc) is 3.86. The topological polar surface area (TPSA) is 42.4 Å². The van der Waals surface area contributed by atoms with Crippen LogP contribution >= 0.6 is 0 Å². The fraction of sp³-hybridized carbons (Fsp3) is 0. The summed E-state index contributed by atoms with van der Waals surface area (Å²) in [5.41, 5.74) is 11.9. The van der Waals surface area contributed by atoms with Crippen molar-refractivity contribution >= 4 is 71.6 Å². The predicted octanol–water partition coefficient (Wildman–Crippen LogP) is 14.5. The number of benzene rings is 9. The SMILES string of the molecule is c1ccc(-c2nc3c(ccc4oc5ccc(-c6ccc(N(c7ccccc7-c7ccccc7)c7cc8ccccc8c8ccccc78)cc6)cc5c43)o2)cc1. The molecule has 11 aromatic rings. The molecule has 0 fully saturated rings. The summed E-state index contributed by atoms with van der Waals surface area (Å²) in [5.74, 6) is 0.599. The van der Waals surface area contributed by atoms with Crippen molar-refractivity contribution in [1.29, 1.82) is 0 Å². The highest BCUT2D eigenvalue weighted by atomic mass is 16.4. The molecule has 0 aliphatic rings. The van der Waals surface area contributed by atoms with Gasteiger partial charge in [0.15, 0.2) is 5.58 Å². The second-order valence-electron chi connectivity index (χ2n) is 13.9. The van der Waals surface area contributed by atoms with Crippen molar-refractivity contribution in [3.63, 3.8) is 0 Å². The van der Waals surface area contributed by atoms with E-state index in [0.29, 0.717) is 5.89 Å². The van der Waals surface area contributed by atoms with Gasteiger partial charge in [-0.25, -0.2) is 4.98 Å². The number of aromatic nitrogens is 1. The molecule has 4 nitrogen and oxygen atoms in total. The lowest BCUT2D eigenvalue weighted by atomic mass is 9.97. The number of furan rings is 1. The van der Waals surface area contributed by atoms with Gasteiger partial charge in [-0.1, -0.05) is 133 Å². The van der Waals surface area contributed by atoms with Gasteiger partial charge in [0.2, 0.25) is 5.89 Å². The Morgan fingerprint density at radius 1 is 0.382 bits per heavy atom. The number of nitrogens with zero attached hydrogens (tertiary/aromatic N) is 2. The molecule has 2 heterocycles. The van der Waals surface area contributed by atoms with Crippen molar-refractivity contribution in [1.82, 2.24) is 4.98 Å². The van der Waals surface area contributed by atoms with Gasteiger partial charge in [0.05, 0.1) is 16.8 Å². The molecule has 2 aromatic heterocycles. The highest BCUT2D eigenvalue weighted by Gasteiger charge is 2.21. The van der Waals surface area contributed by atoms with E-state index in [1.165, 1.54) is 27.1 Å². The third kappa shape index (κ3) is 5.19. The summed E-state index contributed by atoms with van der Waals surface area (Å²) in [6.45, 7) is 0. The fourth-order valence-corrected chi connectivity index (χ4v) is 8.10. The fourth-order valence-electron chi connectivity index (χ4n) is 8.10. The molecule has 55 heavy (non-hydrogen) atoms. The number of anilines is 3. The number of fused-ring (bicyclic) bond motifs is 8. The number of hydrogen-bond donors (Lipinski definition) is 0. The standard InChI is InChI=1S/C51H32N2O2/c1-3-13-34(14-4-1)40-19-11-12-22-44(40)53(45-32-37-17-7-8-18-39(37)41-20-9-10-21-42(41)45)38-26-23-33(24-27-38)36-25-28-46-43(31-36)49-47(54-46)29-30-48-50(49)52-51(55-48)35-15-5-2-6-16-35/h1-32H. The maximum Gasteiger partial charge on any atom is 0.227 e. The van der Waals surface area contributed by atoms with E-state index in [2.05, 4.69) is 157 Å². The lowest BCUT2D eigenvalue weighted by molar-refractivity contribution is 0.619. The maximum atomic E-state index is 6.34. The first-order valence-electron chi connectivity index (χ1n) is 18.5. The van der Waals surface area contributed by atoms with Gasteiger partial charge in [-0.3, -0.25) is 0 Å².